The second-order valence-electron chi connectivity index (χ2n) is 6.64. The summed E-state index contributed by atoms with van der Waals surface area (Å²) >= 11 is 0. The number of rotatable bonds is 4. The van der Waals surface area contributed by atoms with Crippen molar-refractivity contribution in [2.24, 2.45) is 0 Å². The summed E-state index contributed by atoms with van der Waals surface area (Å²) in [5.41, 5.74) is 4.70. The van der Waals surface area contributed by atoms with E-state index in [0.29, 0.717) is 17.4 Å². The lowest BCUT2D eigenvalue weighted by Gasteiger charge is -2.21. The number of aryl methyl sites for hydroxylation is 3. The van der Waals surface area contributed by atoms with Crippen molar-refractivity contribution in [3.05, 3.63) is 69.8 Å². The standard InChI is InChI=1S/C21H23N3O2/c1-14-7-6-10-18(16(14)3)23(4)19(25)11-12-24-13-22-20-15(2)8-5-9-17(20)21(24)26/h5-10,13H,11-12H2,1-4H3. The van der Waals surface area contributed by atoms with Crippen LogP contribution in [-0.4, -0.2) is 22.5 Å². The summed E-state index contributed by atoms with van der Waals surface area (Å²) in [7, 11) is 1.77. The van der Waals surface area contributed by atoms with E-state index >= 15 is 0 Å². The topological polar surface area (TPSA) is 55.2 Å². The third-order valence-corrected chi connectivity index (χ3v) is 4.93. The van der Waals surface area contributed by atoms with Gasteiger partial charge in [0.15, 0.2) is 0 Å². The molecular weight excluding hydrogens is 326 g/mol. The van der Waals surface area contributed by atoms with Crippen LogP contribution in [0.15, 0.2) is 47.5 Å². The number of hydrogen-bond acceptors (Lipinski definition) is 3. The van der Waals surface area contributed by atoms with Gasteiger partial charge in [0.25, 0.3) is 5.56 Å². The van der Waals surface area contributed by atoms with Crippen LogP contribution < -0.4 is 10.5 Å². The minimum absolute atomic E-state index is 0.0325. The Balaban J connectivity index is 1.79. The number of anilines is 1. The lowest BCUT2D eigenvalue weighted by molar-refractivity contribution is -0.118. The number of nitrogens with zero attached hydrogens (tertiary/aromatic N) is 3. The molecule has 0 bridgehead atoms. The molecule has 0 spiro atoms. The Morgan fingerprint density at radius 2 is 1.77 bits per heavy atom. The van der Waals surface area contributed by atoms with E-state index in [1.807, 2.05) is 51.1 Å². The molecule has 0 aliphatic carbocycles. The predicted octanol–water partition coefficient (Wildman–Crippen LogP) is 3.37. The molecule has 5 nitrogen and oxygen atoms in total. The maximum Gasteiger partial charge on any atom is 0.261 e. The van der Waals surface area contributed by atoms with E-state index in [2.05, 4.69) is 4.98 Å². The molecule has 0 atom stereocenters. The van der Waals surface area contributed by atoms with Gasteiger partial charge in [-0.3, -0.25) is 14.2 Å². The van der Waals surface area contributed by atoms with Gasteiger partial charge in [0.2, 0.25) is 5.91 Å². The first-order valence-corrected chi connectivity index (χ1v) is 8.67. The average Bonchev–Trinajstić information content (AvgIpc) is 2.63. The molecule has 0 aliphatic rings. The molecule has 3 rings (SSSR count). The Kier molecular flexibility index (Phi) is 4.89. The first kappa shape index (κ1) is 17.9. The van der Waals surface area contributed by atoms with E-state index in [1.165, 1.54) is 10.9 Å². The van der Waals surface area contributed by atoms with Crippen LogP contribution in [0.4, 0.5) is 5.69 Å². The molecule has 134 valence electrons. The number of benzene rings is 2. The van der Waals surface area contributed by atoms with Crippen molar-refractivity contribution >= 4 is 22.5 Å². The number of aromatic nitrogens is 2. The highest BCUT2D eigenvalue weighted by Gasteiger charge is 2.14. The third kappa shape index (κ3) is 3.25. The fourth-order valence-electron chi connectivity index (χ4n) is 3.11. The molecule has 1 aromatic heterocycles. The Hall–Kier alpha value is -2.95. The van der Waals surface area contributed by atoms with Gasteiger partial charge in [-0.05, 0) is 49.6 Å². The number of amides is 1. The van der Waals surface area contributed by atoms with Crippen LogP contribution >= 0.6 is 0 Å². The van der Waals surface area contributed by atoms with Crippen LogP contribution in [0.25, 0.3) is 10.9 Å². The second-order valence-corrected chi connectivity index (χ2v) is 6.64. The van der Waals surface area contributed by atoms with E-state index in [9.17, 15) is 9.59 Å². The van der Waals surface area contributed by atoms with Crippen molar-refractivity contribution in [1.29, 1.82) is 0 Å². The van der Waals surface area contributed by atoms with E-state index in [0.717, 1.165) is 22.4 Å². The van der Waals surface area contributed by atoms with E-state index < -0.39 is 0 Å². The molecule has 5 heteroatoms. The molecule has 1 amide bonds. The van der Waals surface area contributed by atoms with Gasteiger partial charge in [-0.1, -0.05) is 24.3 Å². The van der Waals surface area contributed by atoms with Crippen LogP contribution in [0.5, 0.6) is 0 Å². The van der Waals surface area contributed by atoms with Crippen LogP contribution in [0.1, 0.15) is 23.1 Å². The van der Waals surface area contributed by atoms with Gasteiger partial charge in [0.05, 0.1) is 17.2 Å². The predicted molar refractivity (Wildman–Crippen MR) is 105 cm³/mol. The largest absolute Gasteiger partial charge is 0.315 e. The normalized spacial score (nSPS) is 10.9. The highest BCUT2D eigenvalue weighted by atomic mass is 16.2. The second kappa shape index (κ2) is 7.12. The van der Waals surface area contributed by atoms with E-state index in [1.54, 1.807) is 18.0 Å². The van der Waals surface area contributed by atoms with Crippen LogP contribution in [0.3, 0.4) is 0 Å². The fourth-order valence-corrected chi connectivity index (χ4v) is 3.11. The summed E-state index contributed by atoms with van der Waals surface area (Å²) in [6, 6.07) is 11.5. The zero-order valence-electron chi connectivity index (χ0n) is 15.6. The molecule has 0 saturated heterocycles. The summed E-state index contributed by atoms with van der Waals surface area (Å²) in [6.45, 7) is 6.28. The number of carbonyl (C=O) groups is 1. The first-order chi connectivity index (χ1) is 12.4. The quantitative estimate of drug-likeness (QED) is 0.726. The van der Waals surface area contributed by atoms with Gasteiger partial charge in [-0.25, -0.2) is 4.98 Å². The van der Waals surface area contributed by atoms with Crippen molar-refractivity contribution in [3.63, 3.8) is 0 Å². The monoisotopic (exact) mass is 349 g/mol. The van der Waals surface area contributed by atoms with Gasteiger partial charge < -0.3 is 4.90 Å². The van der Waals surface area contributed by atoms with E-state index in [4.69, 9.17) is 0 Å². The summed E-state index contributed by atoms with van der Waals surface area (Å²) in [5, 5.41) is 0.586. The highest BCUT2D eigenvalue weighted by molar-refractivity contribution is 5.93. The smallest absolute Gasteiger partial charge is 0.261 e. The molecule has 0 N–H and O–H groups in total. The third-order valence-electron chi connectivity index (χ3n) is 4.93. The molecule has 2 aromatic carbocycles. The van der Waals surface area contributed by atoms with Crippen molar-refractivity contribution in [2.45, 2.75) is 33.7 Å². The molecule has 0 fully saturated rings. The van der Waals surface area contributed by atoms with Gasteiger partial charge in [-0.2, -0.15) is 0 Å². The van der Waals surface area contributed by atoms with Crippen molar-refractivity contribution in [1.82, 2.24) is 9.55 Å². The minimum atomic E-state index is -0.110. The number of fused-ring (bicyclic) bond motifs is 1. The van der Waals surface area contributed by atoms with Gasteiger partial charge in [0, 0.05) is 25.7 Å². The van der Waals surface area contributed by atoms with Gasteiger partial charge in [0.1, 0.15) is 0 Å². The highest BCUT2D eigenvalue weighted by Crippen LogP contribution is 2.22. The first-order valence-electron chi connectivity index (χ1n) is 8.67. The van der Waals surface area contributed by atoms with Crippen LogP contribution in [0.2, 0.25) is 0 Å². The molecule has 0 radical (unpaired) electrons. The molecule has 0 unspecified atom stereocenters. The molecule has 3 aromatic rings. The molecule has 0 aliphatic heterocycles. The Labute approximate surface area is 152 Å². The molecular formula is C21H23N3O2. The zero-order chi connectivity index (χ0) is 18.8. The Morgan fingerprint density at radius 1 is 1.08 bits per heavy atom. The van der Waals surface area contributed by atoms with Gasteiger partial charge >= 0.3 is 0 Å². The lowest BCUT2D eigenvalue weighted by atomic mass is 10.1. The summed E-state index contributed by atoms with van der Waals surface area (Å²) < 4.78 is 1.51. The Bertz CT molecular complexity index is 1040. The van der Waals surface area contributed by atoms with Crippen molar-refractivity contribution in [3.8, 4) is 0 Å². The molecule has 26 heavy (non-hydrogen) atoms. The molecule has 1 heterocycles. The Morgan fingerprint density at radius 3 is 2.54 bits per heavy atom. The van der Waals surface area contributed by atoms with E-state index in [-0.39, 0.29) is 17.9 Å². The summed E-state index contributed by atoms with van der Waals surface area (Å²) in [5.74, 6) is -0.0325. The number of hydrogen-bond donors (Lipinski definition) is 0. The van der Waals surface area contributed by atoms with Crippen LogP contribution in [-0.2, 0) is 11.3 Å². The average molecular weight is 349 g/mol. The zero-order valence-corrected chi connectivity index (χ0v) is 15.6. The SMILES string of the molecule is Cc1cccc(N(C)C(=O)CCn2cnc3c(C)cccc3c2=O)c1C. The van der Waals surface area contributed by atoms with Gasteiger partial charge in [-0.15, -0.1) is 0 Å². The van der Waals surface area contributed by atoms with Crippen molar-refractivity contribution < 1.29 is 4.79 Å². The van der Waals surface area contributed by atoms with Crippen molar-refractivity contribution in [2.75, 3.05) is 11.9 Å². The number of carbonyl (C=O) groups excluding carboxylic acids is 1. The fraction of sp³-hybridized carbons (Fsp3) is 0.286. The maximum atomic E-state index is 12.6. The lowest BCUT2D eigenvalue weighted by Crippen LogP contribution is -2.30. The number of para-hydroxylation sites is 1. The summed E-state index contributed by atoms with van der Waals surface area (Å²) in [4.78, 5) is 31.3. The summed E-state index contributed by atoms with van der Waals surface area (Å²) in [6.07, 6.45) is 1.77. The minimum Gasteiger partial charge on any atom is -0.315 e. The maximum absolute atomic E-state index is 12.6. The van der Waals surface area contributed by atoms with Crippen LogP contribution in [0, 0.1) is 20.8 Å². The molecule has 0 saturated carbocycles.